The maximum absolute atomic E-state index is 12.2. The van der Waals surface area contributed by atoms with E-state index in [9.17, 15) is 19.8 Å². The highest BCUT2D eigenvalue weighted by Gasteiger charge is 2.40. The lowest BCUT2D eigenvalue weighted by molar-refractivity contribution is -0.122. The molecule has 170 valence electrons. The molecular formula is C25H31N3O4. The highest BCUT2D eigenvalue weighted by atomic mass is 16.3. The first-order valence-electron chi connectivity index (χ1n) is 11.2. The first-order chi connectivity index (χ1) is 15.3. The molecule has 2 amide bonds. The van der Waals surface area contributed by atoms with Gasteiger partial charge in [0.2, 0.25) is 5.91 Å². The number of hydrogen-bond donors (Lipinski definition) is 4. The molecule has 4 N–H and O–H groups in total. The van der Waals surface area contributed by atoms with E-state index in [1.165, 1.54) is 0 Å². The fourth-order valence-corrected chi connectivity index (χ4v) is 4.74. The average Bonchev–Trinajstić information content (AvgIpc) is 2.75. The van der Waals surface area contributed by atoms with E-state index in [0.29, 0.717) is 24.4 Å². The zero-order chi connectivity index (χ0) is 22.7. The summed E-state index contributed by atoms with van der Waals surface area (Å²) in [5, 5.41) is 26.1. The monoisotopic (exact) mass is 437 g/mol. The molecule has 32 heavy (non-hydrogen) atoms. The first kappa shape index (κ1) is 22.3. The number of carbonyl (C=O) groups excluding carboxylic acids is 2. The van der Waals surface area contributed by atoms with Crippen LogP contribution in [0, 0.1) is 6.92 Å². The molecule has 0 unspecified atom stereocenters. The molecule has 7 nitrogen and oxygen atoms in total. The van der Waals surface area contributed by atoms with Crippen LogP contribution in [0.3, 0.4) is 0 Å². The van der Waals surface area contributed by atoms with Gasteiger partial charge in [0, 0.05) is 24.7 Å². The highest BCUT2D eigenvalue weighted by molar-refractivity contribution is 5.96. The Bertz CT molecular complexity index is 961. The fourth-order valence-electron chi connectivity index (χ4n) is 4.74. The molecule has 1 saturated carbocycles. The van der Waals surface area contributed by atoms with E-state index >= 15 is 0 Å². The van der Waals surface area contributed by atoms with Crippen molar-refractivity contribution in [3.05, 3.63) is 65.2 Å². The van der Waals surface area contributed by atoms with Crippen molar-refractivity contribution >= 4 is 11.8 Å². The van der Waals surface area contributed by atoms with E-state index in [1.54, 1.807) is 36.4 Å². The third-order valence-corrected chi connectivity index (χ3v) is 6.67. The zero-order valence-corrected chi connectivity index (χ0v) is 18.4. The molecular weight excluding hydrogens is 406 g/mol. The Morgan fingerprint density at radius 2 is 1.78 bits per heavy atom. The van der Waals surface area contributed by atoms with Crippen LogP contribution in [0.25, 0.3) is 0 Å². The topological polar surface area (TPSA) is 102 Å². The number of likely N-dealkylation sites (tertiary alicyclic amines) is 1. The van der Waals surface area contributed by atoms with Crippen LogP contribution < -0.4 is 10.6 Å². The summed E-state index contributed by atoms with van der Waals surface area (Å²) in [5.41, 5.74) is 1.58. The van der Waals surface area contributed by atoms with Crippen LogP contribution in [0.5, 0.6) is 5.75 Å². The van der Waals surface area contributed by atoms with Crippen molar-refractivity contribution in [1.82, 2.24) is 15.5 Å². The Morgan fingerprint density at radius 3 is 2.44 bits per heavy atom. The Hall–Kier alpha value is -2.90. The van der Waals surface area contributed by atoms with Gasteiger partial charge in [0.15, 0.2) is 0 Å². The van der Waals surface area contributed by atoms with Crippen LogP contribution in [-0.4, -0.2) is 58.6 Å². The van der Waals surface area contributed by atoms with Gasteiger partial charge < -0.3 is 20.8 Å². The summed E-state index contributed by atoms with van der Waals surface area (Å²) < 4.78 is 0. The number of nitrogens with zero attached hydrogens (tertiary/aromatic N) is 1. The third kappa shape index (κ3) is 5.11. The molecule has 0 spiro atoms. The molecule has 0 bridgehead atoms. The Kier molecular flexibility index (Phi) is 6.48. The Balaban J connectivity index is 1.17. The lowest BCUT2D eigenvalue weighted by atomic mass is 9.76. The van der Waals surface area contributed by atoms with Crippen molar-refractivity contribution in [3.63, 3.8) is 0 Å². The van der Waals surface area contributed by atoms with Gasteiger partial charge in [-0.25, -0.2) is 0 Å². The number of phenolic OH excluding ortho intramolecular Hbond substituents is 1. The van der Waals surface area contributed by atoms with Gasteiger partial charge in [-0.1, -0.05) is 29.8 Å². The molecule has 1 heterocycles. The molecule has 4 rings (SSSR count). The standard InChI is InChI=1S/C25H31N3O4/c1-17-3-2-4-18(13-17)24(31)26-14-23(30)27-20-15-28(16-20)21-9-11-25(32,12-10-21)19-5-7-22(29)8-6-19/h2-8,13,20-21,29,32H,9-12,14-16H2,1H3,(H,26,31)(H,27,30)/t21-,25-. The maximum atomic E-state index is 12.2. The van der Waals surface area contributed by atoms with Gasteiger partial charge in [-0.05, 0) is 62.4 Å². The van der Waals surface area contributed by atoms with E-state index in [-0.39, 0.29) is 30.2 Å². The second-order valence-corrected chi connectivity index (χ2v) is 9.08. The van der Waals surface area contributed by atoms with E-state index in [2.05, 4.69) is 15.5 Å². The van der Waals surface area contributed by atoms with E-state index in [4.69, 9.17) is 0 Å². The number of aryl methyl sites for hydroxylation is 1. The number of amides is 2. The zero-order valence-electron chi connectivity index (χ0n) is 18.4. The number of carbonyl (C=O) groups is 2. The molecule has 1 aliphatic heterocycles. The largest absolute Gasteiger partial charge is 0.508 e. The molecule has 1 saturated heterocycles. The van der Waals surface area contributed by atoms with Crippen molar-refractivity contribution in [2.75, 3.05) is 19.6 Å². The maximum Gasteiger partial charge on any atom is 0.251 e. The molecule has 0 atom stereocenters. The number of aliphatic hydroxyl groups is 1. The second kappa shape index (κ2) is 9.30. The number of benzene rings is 2. The Labute approximate surface area is 188 Å². The summed E-state index contributed by atoms with van der Waals surface area (Å²) in [4.78, 5) is 26.7. The van der Waals surface area contributed by atoms with Crippen molar-refractivity contribution in [3.8, 4) is 5.75 Å². The van der Waals surface area contributed by atoms with Crippen molar-refractivity contribution in [2.24, 2.45) is 0 Å². The van der Waals surface area contributed by atoms with Crippen molar-refractivity contribution in [2.45, 2.75) is 50.3 Å². The van der Waals surface area contributed by atoms with Gasteiger partial charge in [0.25, 0.3) is 5.91 Å². The minimum absolute atomic E-state index is 0.0354. The normalized spacial score (nSPS) is 23.9. The number of rotatable bonds is 6. The summed E-state index contributed by atoms with van der Waals surface area (Å²) >= 11 is 0. The van der Waals surface area contributed by atoms with Gasteiger partial charge in [-0.2, -0.15) is 0 Å². The summed E-state index contributed by atoms with van der Waals surface area (Å²) in [5.74, 6) is -0.224. The van der Waals surface area contributed by atoms with E-state index in [1.807, 2.05) is 19.1 Å². The number of aromatic hydroxyl groups is 1. The quantitative estimate of drug-likeness (QED) is 0.554. The Morgan fingerprint density at radius 1 is 1.09 bits per heavy atom. The lowest BCUT2D eigenvalue weighted by Gasteiger charge is -2.48. The van der Waals surface area contributed by atoms with Crippen molar-refractivity contribution in [1.29, 1.82) is 0 Å². The summed E-state index contributed by atoms with van der Waals surface area (Å²) in [7, 11) is 0. The molecule has 7 heteroatoms. The van der Waals surface area contributed by atoms with Crippen LogP contribution in [-0.2, 0) is 10.4 Å². The highest BCUT2D eigenvalue weighted by Crippen LogP contribution is 2.39. The number of hydrogen-bond acceptors (Lipinski definition) is 5. The lowest BCUT2D eigenvalue weighted by Crippen LogP contribution is -2.63. The second-order valence-electron chi connectivity index (χ2n) is 9.08. The third-order valence-electron chi connectivity index (χ3n) is 6.67. The van der Waals surface area contributed by atoms with E-state index < -0.39 is 5.60 Å². The fraction of sp³-hybridized carbons (Fsp3) is 0.440. The van der Waals surface area contributed by atoms with Gasteiger partial charge in [-0.3, -0.25) is 14.5 Å². The van der Waals surface area contributed by atoms with Crippen LogP contribution >= 0.6 is 0 Å². The summed E-state index contributed by atoms with van der Waals surface area (Å²) in [6, 6.07) is 14.6. The van der Waals surface area contributed by atoms with Gasteiger partial charge in [0.1, 0.15) is 5.75 Å². The van der Waals surface area contributed by atoms with Crippen molar-refractivity contribution < 1.29 is 19.8 Å². The molecule has 0 aromatic heterocycles. The molecule has 2 aromatic rings. The summed E-state index contributed by atoms with van der Waals surface area (Å²) in [6.45, 7) is 3.47. The molecule has 2 aromatic carbocycles. The SMILES string of the molecule is Cc1cccc(C(=O)NCC(=O)NC2CN([C@H]3CC[C@@](O)(c4ccc(O)cc4)CC3)C2)c1. The van der Waals surface area contributed by atoms with Crippen LogP contribution in [0.15, 0.2) is 48.5 Å². The molecule has 1 aliphatic carbocycles. The van der Waals surface area contributed by atoms with Crippen LogP contribution in [0.2, 0.25) is 0 Å². The molecule has 2 aliphatic rings. The minimum Gasteiger partial charge on any atom is -0.508 e. The number of nitrogens with one attached hydrogen (secondary N) is 2. The van der Waals surface area contributed by atoms with Crippen LogP contribution in [0.1, 0.15) is 47.2 Å². The molecule has 2 fully saturated rings. The van der Waals surface area contributed by atoms with Gasteiger partial charge >= 0.3 is 0 Å². The van der Waals surface area contributed by atoms with E-state index in [0.717, 1.165) is 37.1 Å². The predicted octanol–water partition coefficient (Wildman–Crippen LogP) is 2.06. The van der Waals surface area contributed by atoms with Crippen LogP contribution in [0.4, 0.5) is 0 Å². The number of phenols is 1. The van der Waals surface area contributed by atoms with Gasteiger partial charge in [-0.15, -0.1) is 0 Å². The minimum atomic E-state index is -0.835. The smallest absolute Gasteiger partial charge is 0.251 e. The van der Waals surface area contributed by atoms with Gasteiger partial charge in [0.05, 0.1) is 18.2 Å². The average molecular weight is 438 g/mol. The first-order valence-corrected chi connectivity index (χ1v) is 11.2. The summed E-state index contributed by atoms with van der Waals surface area (Å²) in [6.07, 6.45) is 3.15. The molecule has 0 radical (unpaired) electrons. The predicted molar refractivity (Wildman–Crippen MR) is 121 cm³/mol.